The highest BCUT2D eigenvalue weighted by molar-refractivity contribution is 8.26. The summed E-state index contributed by atoms with van der Waals surface area (Å²) in [6, 6.07) is 5.33. The highest BCUT2D eigenvalue weighted by atomic mass is 32.2. The van der Waals surface area contributed by atoms with E-state index in [4.69, 9.17) is 17.0 Å². The molecule has 0 radical (unpaired) electrons. The monoisotopic (exact) mass is 349 g/mol. The average Bonchev–Trinajstić information content (AvgIpc) is 2.82. The van der Waals surface area contributed by atoms with Gasteiger partial charge < -0.3 is 9.84 Å². The highest BCUT2D eigenvalue weighted by Gasteiger charge is 2.37. The standard InChI is InChI=1S/C17H19NO3S2/c1-21-14-8-7-11(9-13(14)19)10-15-16(20)18(17(22)23-15)12-5-3-2-4-6-12/h7-10,12,19H,2-6H2,1H3/b15-10+. The molecule has 1 saturated carbocycles. The molecule has 0 bridgehead atoms. The van der Waals surface area contributed by atoms with E-state index < -0.39 is 0 Å². The molecule has 1 aliphatic carbocycles. The zero-order valence-corrected chi connectivity index (χ0v) is 14.6. The van der Waals surface area contributed by atoms with E-state index in [0.717, 1.165) is 31.2 Å². The number of ether oxygens (including phenoxy) is 1. The summed E-state index contributed by atoms with van der Waals surface area (Å²) in [6.45, 7) is 0. The number of nitrogens with zero attached hydrogens (tertiary/aromatic N) is 1. The Bertz CT molecular complexity index is 666. The Morgan fingerprint density at radius 3 is 2.74 bits per heavy atom. The molecule has 6 heteroatoms. The van der Waals surface area contributed by atoms with Crippen molar-refractivity contribution in [2.75, 3.05) is 7.11 Å². The van der Waals surface area contributed by atoms with Gasteiger partial charge in [-0.3, -0.25) is 9.69 Å². The number of benzene rings is 1. The summed E-state index contributed by atoms with van der Waals surface area (Å²) in [7, 11) is 1.50. The minimum atomic E-state index is -0.0118. The first-order valence-corrected chi connectivity index (χ1v) is 8.96. The molecule has 0 unspecified atom stereocenters. The van der Waals surface area contributed by atoms with Crippen molar-refractivity contribution in [1.29, 1.82) is 0 Å². The van der Waals surface area contributed by atoms with Crippen molar-refractivity contribution >= 4 is 40.3 Å². The molecule has 1 aromatic rings. The number of hydrogen-bond acceptors (Lipinski definition) is 5. The smallest absolute Gasteiger partial charge is 0.266 e. The number of methoxy groups -OCH3 is 1. The predicted octanol–water partition coefficient (Wildman–Crippen LogP) is 3.93. The fourth-order valence-corrected chi connectivity index (χ4v) is 4.48. The van der Waals surface area contributed by atoms with Gasteiger partial charge in [-0.15, -0.1) is 0 Å². The topological polar surface area (TPSA) is 49.8 Å². The molecule has 122 valence electrons. The van der Waals surface area contributed by atoms with Gasteiger partial charge in [-0.2, -0.15) is 0 Å². The zero-order valence-electron chi connectivity index (χ0n) is 12.9. The van der Waals surface area contributed by atoms with Crippen LogP contribution in [0.3, 0.4) is 0 Å². The summed E-state index contributed by atoms with van der Waals surface area (Å²) in [5, 5.41) is 9.86. The molecular weight excluding hydrogens is 330 g/mol. The van der Waals surface area contributed by atoms with Gasteiger partial charge in [0.2, 0.25) is 0 Å². The summed E-state index contributed by atoms with van der Waals surface area (Å²) < 4.78 is 5.68. The zero-order chi connectivity index (χ0) is 16.4. The number of phenolic OH excluding ortho intramolecular Hbond substituents is 1. The predicted molar refractivity (Wildman–Crippen MR) is 96.5 cm³/mol. The summed E-state index contributed by atoms with van der Waals surface area (Å²) in [4.78, 5) is 15.1. The van der Waals surface area contributed by atoms with E-state index in [1.165, 1.54) is 25.3 Å². The third kappa shape index (κ3) is 3.38. The lowest BCUT2D eigenvalue weighted by Crippen LogP contribution is -2.39. The first-order chi connectivity index (χ1) is 11.1. The maximum Gasteiger partial charge on any atom is 0.266 e. The normalized spacial score (nSPS) is 21.3. The fourth-order valence-electron chi connectivity index (χ4n) is 3.08. The second-order valence-corrected chi connectivity index (χ2v) is 7.45. The lowest BCUT2D eigenvalue weighted by molar-refractivity contribution is -0.124. The largest absolute Gasteiger partial charge is 0.504 e. The molecule has 0 spiro atoms. The van der Waals surface area contributed by atoms with Crippen LogP contribution in [0.1, 0.15) is 37.7 Å². The number of amides is 1. The Morgan fingerprint density at radius 2 is 2.09 bits per heavy atom. The number of carbonyl (C=O) groups is 1. The number of carbonyl (C=O) groups excluding carboxylic acids is 1. The third-order valence-electron chi connectivity index (χ3n) is 4.26. The van der Waals surface area contributed by atoms with Crippen molar-refractivity contribution < 1.29 is 14.6 Å². The van der Waals surface area contributed by atoms with Crippen molar-refractivity contribution in [3.8, 4) is 11.5 Å². The molecule has 3 rings (SSSR count). The van der Waals surface area contributed by atoms with E-state index in [1.54, 1.807) is 23.1 Å². The summed E-state index contributed by atoms with van der Waals surface area (Å²) in [5.74, 6) is 0.461. The van der Waals surface area contributed by atoms with Crippen LogP contribution in [0.15, 0.2) is 23.1 Å². The maximum atomic E-state index is 12.7. The van der Waals surface area contributed by atoms with Gasteiger partial charge >= 0.3 is 0 Å². The van der Waals surface area contributed by atoms with E-state index in [9.17, 15) is 9.90 Å². The van der Waals surface area contributed by atoms with E-state index in [2.05, 4.69) is 0 Å². The van der Waals surface area contributed by atoms with Crippen LogP contribution in [0.25, 0.3) is 6.08 Å². The lowest BCUT2D eigenvalue weighted by atomic mass is 9.94. The highest BCUT2D eigenvalue weighted by Crippen LogP contribution is 2.38. The number of thioether (sulfide) groups is 1. The van der Waals surface area contributed by atoms with Gasteiger partial charge in [-0.1, -0.05) is 49.3 Å². The first-order valence-electron chi connectivity index (χ1n) is 7.74. The van der Waals surface area contributed by atoms with Crippen LogP contribution in [-0.4, -0.2) is 33.4 Å². The minimum Gasteiger partial charge on any atom is -0.504 e. The number of phenols is 1. The summed E-state index contributed by atoms with van der Waals surface area (Å²) >= 11 is 6.76. The molecule has 1 heterocycles. The molecule has 1 N–H and O–H groups in total. The molecule has 2 aliphatic rings. The van der Waals surface area contributed by atoms with Crippen LogP contribution in [-0.2, 0) is 4.79 Å². The molecule has 1 saturated heterocycles. The lowest BCUT2D eigenvalue weighted by Gasteiger charge is -2.29. The van der Waals surface area contributed by atoms with E-state index in [-0.39, 0.29) is 17.7 Å². The summed E-state index contributed by atoms with van der Waals surface area (Å²) in [5.41, 5.74) is 0.757. The molecular formula is C17H19NO3S2. The van der Waals surface area contributed by atoms with Crippen LogP contribution in [0.4, 0.5) is 0 Å². The van der Waals surface area contributed by atoms with Crippen molar-refractivity contribution in [1.82, 2.24) is 4.90 Å². The quantitative estimate of drug-likeness (QED) is 0.662. The molecule has 0 aromatic heterocycles. The van der Waals surface area contributed by atoms with Crippen LogP contribution in [0.5, 0.6) is 11.5 Å². The first kappa shape index (κ1) is 16.3. The average molecular weight is 349 g/mol. The molecule has 1 amide bonds. The second kappa shape index (κ2) is 6.93. The van der Waals surface area contributed by atoms with Crippen molar-refractivity contribution in [2.45, 2.75) is 38.1 Å². The summed E-state index contributed by atoms with van der Waals surface area (Å²) in [6.07, 6.45) is 7.40. The SMILES string of the molecule is COc1ccc(/C=C2/SC(=S)N(C3CCCCC3)C2=O)cc1O. The van der Waals surface area contributed by atoms with Crippen LogP contribution in [0.2, 0.25) is 0 Å². The number of rotatable bonds is 3. The fraction of sp³-hybridized carbons (Fsp3) is 0.412. The third-order valence-corrected chi connectivity index (χ3v) is 5.59. The molecule has 4 nitrogen and oxygen atoms in total. The van der Waals surface area contributed by atoms with Crippen LogP contribution in [0, 0.1) is 0 Å². The van der Waals surface area contributed by atoms with Crippen molar-refractivity contribution in [3.05, 3.63) is 28.7 Å². The molecule has 1 aromatic carbocycles. The molecule has 1 aliphatic heterocycles. The number of thiocarbonyl (C=S) groups is 1. The molecule has 2 fully saturated rings. The van der Waals surface area contributed by atoms with Crippen LogP contribution >= 0.6 is 24.0 Å². The van der Waals surface area contributed by atoms with Crippen LogP contribution < -0.4 is 4.74 Å². The van der Waals surface area contributed by atoms with Gasteiger partial charge in [0.1, 0.15) is 4.32 Å². The Kier molecular flexibility index (Phi) is 4.92. The van der Waals surface area contributed by atoms with Crippen molar-refractivity contribution in [2.24, 2.45) is 0 Å². The minimum absolute atomic E-state index is 0.0118. The Balaban J connectivity index is 1.82. The van der Waals surface area contributed by atoms with Gasteiger partial charge in [0.05, 0.1) is 12.0 Å². The Labute approximate surface area is 145 Å². The van der Waals surface area contributed by atoms with Gasteiger partial charge in [0.15, 0.2) is 11.5 Å². The van der Waals surface area contributed by atoms with E-state index in [1.807, 2.05) is 6.07 Å². The Hall–Kier alpha value is -1.53. The number of hydrogen-bond donors (Lipinski definition) is 1. The van der Waals surface area contributed by atoms with Gasteiger partial charge in [-0.25, -0.2) is 0 Å². The number of aromatic hydroxyl groups is 1. The molecule has 0 atom stereocenters. The van der Waals surface area contributed by atoms with E-state index >= 15 is 0 Å². The molecule has 23 heavy (non-hydrogen) atoms. The van der Waals surface area contributed by atoms with Gasteiger partial charge in [0, 0.05) is 6.04 Å². The second-order valence-electron chi connectivity index (χ2n) is 5.77. The van der Waals surface area contributed by atoms with E-state index in [0.29, 0.717) is 15.0 Å². The van der Waals surface area contributed by atoms with Crippen molar-refractivity contribution in [3.63, 3.8) is 0 Å². The van der Waals surface area contributed by atoms with Gasteiger partial charge in [0.25, 0.3) is 5.91 Å². The Morgan fingerprint density at radius 1 is 1.35 bits per heavy atom. The van der Waals surface area contributed by atoms with Gasteiger partial charge in [-0.05, 0) is 36.6 Å². The maximum absolute atomic E-state index is 12.7.